The van der Waals surface area contributed by atoms with E-state index in [0.717, 1.165) is 11.3 Å². The van der Waals surface area contributed by atoms with Crippen LogP contribution in [-0.2, 0) is 6.54 Å². The fraction of sp³-hybridized carbons (Fsp3) is 0.133. The van der Waals surface area contributed by atoms with Crippen LogP contribution in [0.1, 0.15) is 11.3 Å². The van der Waals surface area contributed by atoms with Crippen LogP contribution in [0.25, 0.3) is 5.52 Å². The molecule has 96 valence electrons. The van der Waals surface area contributed by atoms with Crippen LogP contribution in [0.2, 0.25) is 0 Å². The molecule has 4 heteroatoms. The van der Waals surface area contributed by atoms with E-state index in [-0.39, 0.29) is 11.4 Å². The zero-order valence-corrected chi connectivity index (χ0v) is 10.5. The fourth-order valence-electron chi connectivity index (χ4n) is 2.23. The smallest absolute Gasteiger partial charge is 0.275 e. The molecule has 3 nitrogen and oxygen atoms in total. The zero-order valence-electron chi connectivity index (χ0n) is 10.5. The van der Waals surface area contributed by atoms with Crippen LogP contribution in [0.3, 0.4) is 0 Å². The van der Waals surface area contributed by atoms with Crippen LogP contribution in [0.5, 0.6) is 0 Å². The highest BCUT2D eigenvalue weighted by atomic mass is 19.1. The van der Waals surface area contributed by atoms with Crippen molar-refractivity contribution in [3.63, 3.8) is 0 Å². The molecule has 0 aliphatic heterocycles. The quantitative estimate of drug-likeness (QED) is 0.692. The lowest BCUT2D eigenvalue weighted by atomic mass is 10.2. The second-order valence-electron chi connectivity index (χ2n) is 4.59. The molecule has 1 aromatic carbocycles. The molecule has 0 amide bonds. The molecule has 2 aromatic heterocycles. The first-order chi connectivity index (χ1) is 9.15. The van der Waals surface area contributed by atoms with Gasteiger partial charge in [-0.15, -0.1) is 0 Å². The van der Waals surface area contributed by atoms with Crippen molar-refractivity contribution in [1.29, 1.82) is 0 Å². The van der Waals surface area contributed by atoms with E-state index >= 15 is 0 Å². The van der Waals surface area contributed by atoms with Crippen LogP contribution in [0.4, 0.5) is 4.39 Å². The molecular formula is C15H13FN2O. The molecule has 19 heavy (non-hydrogen) atoms. The van der Waals surface area contributed by atoms with Crippen LogP contribution in [0, 0.1) is 12.7 Å². The second-order valence-corrected chi connectivity index (χ2v) is 4.59. The Hall–Kier alpha value is -2.36. The minimum atomic E-state index is -0.269. The lowest BCUT2D eigenvalue weighted by Gasteiger charge is -2.11. The number of halogens is 1. The van der Waals surface area contributed by atoms with Crippen molar-refractivity contribution in [1.82, 2.24) is 8.97 Å². The van der Waals surface area contributed by atoms with Gasteiger partial charge in [0.25, 0.3) is 5.56 Å². The maximum atomic E-state index is 12.9. The largest absolute Gasteiger partial charge is 0.317 e. The molecule has 0 N–H and O–H groups in total. The molecular weight excluding hydrogens is 243 g/mol. The van der Waals surface area contributed by atoms with E-state index in [1.807, 2.05) is 29.8 Å². The molecule has 0 fully saturated rings. The molecule has 0 atom stereocenters. The van der Waals surface area contributed by atoms with Crippen LogP contribution >= 0.6 is 0 Å². The molecule has 0 spiro atoms. The first-order valence-electron chi connectivity index (χ1n) is 6.07. The van der Waals surface area contributed by atoms with Gasteiger partial charge in [0.05, 0.1) is 6.54 Å². The third-order valence-electron chi connectivity index (χ3n) is 3.25. The van der Waals surface area contributed by atoms with E-state index < -0.39 is 0 Å². The van der Waals surface area contributed by atoms with Crippen LogP contribution in [-0.4, -0.2) is 8.97 Å². The van der Waals surface area contributed by atoms with Gasteiger partial charge in [0, 0.05) is 18.1 Å². The molecule has 0 aliphatic rings. The van der Waals surface area contributed by atoms with Gasteiger partial charge in [-0.05, 0) is 36.8 Å². The van der Waals surface area contributed by atoms with Crippen molar-refractivity contribution in [2.24, 2.45) is 0 Å². The lowest BCUT2D eigenvalue weighted by molar-refractivity contribution is 0.625. The van der Waals surface area contributed by atoms with Crippen LogP contribution in [0.15, 0.2) is 53.6 Å². The SMILES string of the molecule is Cc1cn2cccc2c(=O)n1Cc1ccc(F)cc1. The van der Waals surface area contributed by atoms with Gasteiger partial charge in [0.15, 0.2) is 0 Å². The predicted molar refractivity (Wildman–Crippen MR) is 71.9 cm³/mol. The first kappa shape index (κ1) is 11.7. The third-order valence-corrected chi connectivity index (χ3v) is 3.25. The Labute approximate surface area is 109 Å². The van der Waals surface area contributed by atoms with E-state index in [4.69, 9.17) is 0 Å². The second kappa shape index (κ2) is 4.39. The first-order valence-corrected chi connectivity index (χ1v) is 6.07. The predicted octanol–water partition coefficient (Wildman–Crippen LogP) is 2.60. The summed E-state index contributed by atoms with van der Waals surface area (Å²) >= 11 is 0. The minimum Gasteiger partial charge on any atom is -0.317 e. The summed E-state index contributed by atoms with van der Waals surface area (Å²) in [5.74, 6) is -0.269. The van der Waals surface area contributed by atoms with E-state index in [1.165, 1.54) is 12.1 Å². The monoisotopic (exact) mass is 256 g/mol. The Bertz CT molecular complexity index is 784. The topological polar surface area (TPSA) is 26.4 Å². The van der Waals surface area contributed by atoms with Crippen molar-refractivity contribution in [3.8, 4) is 0 Å². The number of fused-ring (bicyclic) bond motifs is 1. The summed E-state index contributed by atoms with van der Waals surface area (Å²) in [5, 5.41) is 0. The Morgan fingerprint density at radius 2 is 1.89 bits per heavy atom. The summed E-state index contributed by atoms with van der Waals surface area (Å²) < 4.78 is 16.4. The normalized spacial score (nSPS) is 11.1. The minimum absolute atomic E-state index is 0.0330. The molecule has 0 saturated carbocycles. The molecule has 3 aromatic rings. The van der Waals surface area contributed by atoms with Gasteiger partial charge in [0.1, 0.15) is 11.3 Å². The number of rotatable bonds is 2. The van der Waals surface area contributed by atoms with E-state index in [0.29, 0.717) is 12.1 Å². The third kappa shape index (κ3) is 2.05. The Morgan fingerprint density at radius 1 is 1.16 bits per heavy atom. The molecule has 0 radical (unpaired) electrons. The highest BCUT2D eigenvalue weighted by Crippen LogP contribution is 2.07. The van der Waals surface area contributed by atoms with Crippen molar-refractivity contribution in [2.45, 2.75) is 13.5 Å². The summed E-state index contributed by atoms with van der Waals surface area (Å²) in [6.45, 7) is 2.34. The van der Waals surface area contributed by atoms with Crippen molar-refractivity contribution in [3.05, 3.63) is 76.2 Å². The molecule has 0 aliphatic carbocycles. The number of aryl methyl sites for hydroxylation is 1. The average Bonchev–Trinajstić information content (AvgIpc) is 2.85. The molecule has 0 unspecified atom stereocenters. The summed E-state index contributed by atoms with van der Waals surface area (Å²) in [7, 11) is 0. The molecule has 3 rings (SSSR count). The maximum Gasteiger partial charge on any atom is 0.275 e. The van der Waals surface area contributed by atoms with E-state index in [2.05, 4.69) is 0 Å². The Balaban J connectivity index is 2.09. The highest BCUT2D eigenvalue weighted by Gasteiger charge is 2.06. The van der Waals surface area contributed by atoms with Gasteiger partial charge in [-0.2, -0.15) is 0 Å². The number of aromatic nitrogens is 2. The van der Waals surface area contributed by atoms with E-state index in [1.54, 1.807) is 22.8 Å². The van der Waals surface area contributed by atoms with Gasteiger partial charge in [-0.25, -0.2) is 4.39 Å². The summed E-state index contributed by atoms with van der Waals surface area (Å²) in [5.41, 5.74) is 2.39. The van der Waals surface area contributed by atoms with Crippen molar-refractivity contribution < 1.29 is 4.39 Å². The van der Waals surface area contributed by atoms with E-state index in [9.17, 15) is 9.18 Å². The number of nitrogens with zero attached hydrogens (tertiary/aromatic N) is 2. The lowest BCUT2D eigenvalue weighted by Crippen LogP contribution is -2.24. The Morgan fingerprint density at radius 3 is 2.63 bits per heavy atom. The van der Waals surface area contributed by atoms with Crippen molar-refractivity contribution in [2.75, 3.05) is 0 Å². The number of hydrogen-bond donors (Lipinski definition) is 0. The molecule has 0 bridgehead atoms. The molecule has 0 saturated heterocycles. The van der Waals surface area contributed by atoms with Gasteiger partial charge < -0.3 is 8.97 Å². The summed E-state index contributed by atoms with van der Waals surface area (Å²) in [6.07, 6.45) is 3.77. The molecule has 2 heterocycles. The standard InChI is InChI=1S/C15H13FN2O/c1-11-9-17-8-2-3-14(17)15(19)18(11)10-12-4-6-13(16)7-5-12/h2-9H,10H2,1H3. The summed E-state index contributed by atoms with van der Waals surface area (Å²) in [6, 6.07) is 9.85. The van der Waals surface area contributed by atoms with Gasteiger partial charge in [-0.1, -0.05) is 12.1 Å². The maximum absolute atomic E-state index is 12.9. The zero-order chi connectivity index (χ0) is 13.4. The van der Waals surface area contributed by atoms with Crippen molar-refractivity contribution >= 4 is 5.52 Å². The van der Waals surface area contributed by atoms with Gasteiger partial charge >= 0.3 is 0 Å². The highest BCUT2D eigenvalue weighted by molar-refractivity contribution is 5.45. The summed E-state index contributed by atoms with van der Waals surface area (Å²) in [4.78, 5) is 12.3. The van der Waals surface area contributed by atoms with Crippen LogP contribution < -0.4 is 5.56 Å². The van der Waals surface area contributed by atoms with Gasteiger partial charge in [-0.3, -0.25) is 4.79 Å². The average molecular weight is 256 g/mol. The fourth-order valence-corrected chi connectivity index (χ4v) is 2.23. The number of benzene rings is 1. The Kier molecular flexibility index (Phi) is 2.71. The van der Waals surface area contributed by atoms with Gasteiger partial charge in [0.2, 0.25) is 0 Å². The number of hydrogen-bond acceptors (Lipinski definition) is 1.